The van der Waals surface area contributed by atoms with Gasteiger partial charge in [-0.1, -0.05) is 12.1 Å². The van der Waals surface area contributed by atoms with Gasteiger partial charge in [0.2, 0.25) is 5.91 Å². The summed E-state index contributed by atoms with van der Waals surface area (Å²) in [4.78, 5) is 21.6. The molecule has 0 unspecified atom stereocenters. The minimum atomic E-state index is -0.454. The minimum absolute atomic E-state index is 0.0574. The zero-order valence-electron chi connectivity index (χ0n) is 19.6. The minimum Gasteiger partial charge on any atom is -0.370 e. The Balaban J connectivity index is 1.09. The van der Waals surface area contributed by atoms with E-state index in [0.29, 0.717) is 32.1 Å². The van der Waals surface area contributed by atoms with Gasteiger partial charge in [0.15, 0.2) is 5.82 Å². The molecule has 6 rings (SSSR count). The molecule has 3 aromatic rings. The van der Waals surface area contributed by atoms with Crippen LogP contribution in [0.2, 0.25) is 0 Å². The van der Waals surface area contributed by atoms with Crippen LogP contribution in [0.3, 0.4) is 0 Å². The number of halogens is 1. The van der Waals surface area contributed by atoms with Crippen molar-refractivity contribution in [1.82, 2.24) is 35.0 Å². The molecule has 1 aliphatic carbocycles. The molecule has 2 aliphatic heterocycles. The number of nitrogens with zero attached hydrogens (tertiary/aromatic N) is 8. The van der Waals surface area contributed by atoms with Crippen molar-refractivity contribution in [2.24, 2.45) is 0 Å². The summed E-state index contributed by atoms with van der Waals surface area (Å²) in [5.41, 5.74) is 2.76. The van der Waals surface area contributed by atoms with Gasteiger partial charge in [0.05, 0.1) is 30.7 Å². The molecule has 1 saturated carbocycles. The quantitative estimate of drug-likeness (QED) is 0.534. The van der Waals surface area contributed by atoms with Crippen LogP contribution in [0.1, 0.15) is 47.1 Å². The van der Waals surface area contributed by atoms with Crippen LogP contribution < -0.4 is 0 Å². The van der Waals surface area contributed by atoms with Crippen LogP contribution in [0.4, 0.5) is 4.39 Å². The summed E-state index contributed by atoms with van der Waals surface area (Å²) in [6.45, 7) is 3.15. The number of pyridine rings is 1. The van der Waals surface area contributed by atoms with Gasteiger partial charge in [-0.05, 0) is 58.0 Å². The molecule has 0 N–H and O–H groups in total. The van der Waals surface area contributed by atoms with Crippen molar-refractivity contribution in [1.29, 1.82) is 5.26 Å². The predicted molar refractivity (Wildman–Crippen MR) is 124 cm³/mol. The normalized spacial score (nSPS) is 22.2. The van der Waals surface area contributed by atoms with Gasteiger partial charge in [-0.15, -0.1) is 5.10 Å². The lowest BCUT2D eigenvalue weighted by Gasteiger charge is -2.46. The van der Waals surface area contributed by atoms with Crippen molar-refractivity contribution in [2.45, 2.75) is 37.3 Å². The molecule has 2 aromatic heterocycles. The summed E-state index contributed by atoms with van der Waals surface area (Å²) >= 11 is 0. The third-order valence-corrected chi connectivity index (χ3v) is 7.27. The van der Waals surface area contributed by atoms with Gasteiger partial charge in [0.25, 0.3) is 0 Å². The van der Waals surface area contributed by atoms with Crippen LogP contribution in [0, 0.1) is 17.1 Å². The van der Waals surface area contributed by atoms with E-state index in [1.165, 1.54) is 17.1 Å². The summed E-state index contributed by atoms with van der Waals surface area (Å²) < 4.78 is 22.0. The number of rotatable bonds is 5. The second-order valence-corrected chi connectivity index (χ2v) is 9.58. The number of amides is 1. The topological polar surface area (TPSA) is 113 Å². The molecule has 4 heterocycles. The van der Waals surface area contributed by atoms with Crippen molar-refractivity contribution in [2.75, 3.05) is 32.8 Å². The van der Waals surface area contributed by atoms with E-state index in [0.717, 1.165) is 36.1 Å². The van der Waals surface area contributed by atoms with Gasteiger partial charge in [0.1, 0.15) is 18.2 Å². The third-order valence-electron chi connectivity index (χ3n) is 7.27. The second kappa shape index (κ2) is 9.37. The highest BCUT2D eigenvalue weighted by Crippen LogP contribution is 2.46. The van der Waals surface area contributed by atoms with E-state index in [4.69, 9.17) is 4.74 Å². The number of tetrazole rings is 1. The van der Waals surface area contributed by atoms with Crippen LogP contribution >= 0.6 is 0 Å². The highest BCUT2D eigenvalue weighted by Gasteiger charge is 2.38. The van der Waals surface area contributed by atoms with Crippen molar-refractivity contribution in [3.8, 4) is 11.9 Å². The number of fused-ring (bicyclic) bond motifs is 1. The van der Waals surface area contributed by atoms with Gasteiger partial charge in [0, 0.05) is 32.4 Å². The number of carbonyl (C=O) groups excluding carboxylic acids is 1. The van der Waals surface area contributed by atoms with Gasteiger partial charge in [-0.3, -0.25) is 9.69 Å². The number of carbonyl (C=O) groups is 1. The molecule has 2 saturated heterocycles. The number of hydrogen-bond acceptors (Lipinski definition) is 8. The number of morpholine rings is 1. The molecule has 1 amide bonds. The largest absolute Gasteiger partial charge is 0.370 e. The predicted octanol–water partition coefficient (Wildman–Crippen LogP) is 1.77. The molecule has 0 bridgehead atoms. The fourth-order valence-electron chi connectivity index (χ4n) is 5.22. The Labute approximate surface area is 207 Å². The summed E-state index contributed by atoms with van der Waals surface area (Å²) in [5, 5.41) is 20.6. The molecule has 2 atom stereocenters. The lowest BCUT2D eigenvalue weighted by molar-refractivity contribution is -0.139. The maximum atomic E-state index is 14.3. The highest BCUT2D eigenvalue weighted by molar-refractivity contribution is 5.79. The lowest BCUT2D eigenvalue weighted by atomic mass is 9.92. The van der Waals surface area contributed by atoms with E-state index < -0.39 is 5.82 Å². The van der Waals surface area contributed by atoms with Crippen LogP contribution in [-0.2, 0) is 16.0 Å². The van der Waals surface area contributed by atoms with E-state index in [2.05, 4.69) is 31.5 Å². The molecular formula is C25H25FN8O2. The molecule has 36 heavy (non-hydrogen) atoms. The van der Waals surface area contributed by atoms with Crippen LogP contribution in [-0.4, -0.2) is 79.7 Å². The highest BCUT2D eigenvalue weighted by atomic mass is 19.1. The first-order valence-corrected chi connectivity index (χ1v) is 12.1. The maximum Gasteiger partial charge on any atom is 0.227 e. The van der Waals surface area contributed by atoms with Crippen LogP contribution in [0.25, 0.3) is 5.82 Å². The molecule has 1 aromatic carbocycles. The summed E-state index contributed by atoms with van der Waals surface area (Å²) in [7, 11) is 0. The molecular weight excluding hydrogens is 463 g/mol. The number of piperazine rings is 1. The van der Waals surface area contributed by atoms with E-state index >= 15 is 0 Å². The van der Waals surface area contributed by atoms with Crippen molar-refractivity contribution in [3.05, 3.63) is 64.9 Å². The SMILES string of the molecule is N#Cc1c(F)ccc([C@H]2CN3CCN(C(=O)Cc4ccc(-n5cnnn5)nc4)C[C@H]3CO2)c1C1CC1. The molecule has 0 spiro atoms. The molecule has 184 valence electrons. The Hall–Kier alpha value is -3.75. The monoisotopic (exact) mass is 488 g/mol. The second-order valence-electron chi connectivity index (χ2n) is 9.58. The van der Waals surface area contributed by atoms with E-state index in [9.17, 15) is 14.4 Å². The van der Waals surface area contributed by atoms with Gasteiger partial charge in [-0.25, -0.2) is 9.37 Å². The molecule has 3 fully saturated rings. The van der Waals surface area contributed by atoms with Gasteiger partial charge >= 0.3 is 0 Å². The standard InChI is InChI=1S/C25H25FN8O2/c26-21-5-4-19(25(17-2-3-17)20(21)10-27)22-13-32-7-8-33(12-18(32)14-36-22)24(35)9-16-1-6-23(28-11-16)34-15-29-30-31-34/h1,4-6,11,15,17-18,22H,2-3,7-9,12-14H2/t18-,22+/m0/s1. The average molecular weight is 489 g/mol. The third kappa shape index (κ3) is 4.34. The van der Waals surface area contributed by atoms with Crippen LogP contribution in [0.5, 0.6) is 0 Å². The number of benzene rings is 1. The summed E-state index contributed by atoms with van der Waals surface area (Å²) in [5.74, 6) is 0.440. The lowest BCUT2D eigenvalue weighted by Crippen LogP contribution is -2.59. The van der Waals surface area contributed by atoms with Gasteiger partial charge < -0.3 is 9.64 Å². The number of hydrogen-bond donors (Lipinski definition) is 0. The smallest absolute Gasteiger partial charge is 0.227 e. The first-order chi connectivity index (χ1) is 17.6. The first-order valence-electron chi connectivity index (χ1n) is 12.1. The molecule has 11 heteroatoms. The molecule has 10 nitrogen and oxygen atoms in total. The Morgan fingerprint density at radius 1 is 1.19 bits per heavy atom. The van der Waals surface area contributed by atoms with Crippen molar-refractivity contribution in [3.63, 3.8) is 0 Å². The van der Waals surface area contributed by atoms with E-state index in [1.807, 2.05) is 11.0 Å². The zero-order valence-corrected chi connectivity index (χ0v) is 19.6. The van der Waals surface area contributed by atoms with E-state index in [1.54, 1.807) is 18.3 Å². The summed E-state index contributed by atoms with van der Waals surface area (Å²) in [6, 6.07) is 9.00. The zero-order chi connectivity index (χ0) is 24.6. The number of aromatic nitrogens is 5. The van der Waals surface area contributed by atoms with Gasteiger partial charge in [-0.2, -0.15) is 9.94 Å². The Morgan fingerprint density at radius 2 is 2.08 bits per heavy atom. The fraction of sp³-hybridized carbons (Fsp3) is 0.440. The fourth-order valence-corrected chi connectivity index (χ4v) is 5.22. The Kier molecular flexibility index (Phi) is 5.91. The first kappa shape index (κ1) is 22.7. The van der Waals surface area contributed by atoms with E-state index in [-0.39, 0.29) is 36.0 Å². The summed E-state index contributed by atoms with van der Waals surface area (Å²) in [6.07, 6.45) is 5.19. The molecule has 3 aliphatic rings. The maximum absolute atomic E-state index is 14.3. The number of nitriles is 1. The molecule has 0 radical (unpaired) electrons. The van der Waals surface area contributed by atoms with Crippen molar-refractivity contribution >= 4 is 5.91 Å². The van der Waals surface area contributed by atoms with Crippen LogP contribution in [0.15, 0.2) is 36.8 Å². The Bertz CT molecular complexity index is 1300. The Morgan fingerprint density at radius 3 is 2.81 bits per heavy atom. The number of ether oxygens (including phenoxy) is 1. The average Bonchev–Trinajstić information content (AvgIpc) is 3.60. The van der Waals surface area contributed by atoms with Crippen molar-refractivity contribution < 1.29 is 13.9 Å².